The fourth-order valence-electron chi connectivity index (χ4n) is 4.45. The molecule has 42 heavy (non-hydrogen) atoms. The van der Waals surface area contributed by atoms with Gasteiger partial charge in [-0.05, 0) is 48.0 Å². The highest BCUT2D eigenvalue weighted by molar-refractivity contribution is 7.92. The highest BCUT2D eigenvalue weighted by Crippen LogP contribution is 2.29. The lowest BCUT2D eigenvalue weighted by Crippen LogP contribution is -2.53. The summed E-state index contributed by atoms with van der Waals surface area (Å²) in [4.78, 5) is 28.9. The highest BCUT2D eigenvalue weighted by atomic mass is 35.5. The molecular weight excluding hydrogens is 617 g/mol. The zero-order valence-corrected chi connectivity index (χ0v) is 25.7. The van der Waals surface area contributed by atoms with Crippen LogP contribution in [0.25, 0.3) is 0 Å². The van der Waals surface area contributed by atoms with Gasteiger partial charge < -0.3 is 10.2 Å². The second kappa shape index (κ2) is 14.1. The summed E-state index contributed by atoms with van der Waals surface area (Å²) in [6.45, 7) is -0.765. The maximum atomic E-state index is 14.3. The van der Waals surface area contributed by atoms with Gasteiger partial charge in [0, 0.05) is 40.6 Å². The van der Waals surface area contributed by atoms with Crippen molar-refractivity contribution in [1.29, 1.82) is 0 Å². The molecule has 0 aliphatic heterocycles. The molecule has 1 atom stereocenters. The molecule has 218 valence electrons. The fourth-order valence-corrected chi connectivity index (χ4v) is 6.58. The minimum absolute atomic E-state index is 0.00869. The lowest BCUT2D eigenvalue weighted by molar-refractivity contribution is -0.139. The van der Waals surface area contributed by atoms with Crippen molar-refractivity contribution in [3.05, 3.63) is 129 Å². The molecule has 4 aromatic rings. The second-order valence-corrected chi connectivity index (χ2v) is 12.5. The monoisotopic (exact) mass is 643 g/mol. The van der Waals surface area contributed by atoms with Gasteiger partial charge in [0.2, 0.25) is 11.8 Å². The minimum Gasteiger partial charge on any atom is -0.357 e. The molecule has 0 saturated carbocycles. The number of halogens is 3. The Balaban J connectivity index is 1.82. The largest absolute Gasteiger partial charge is 0.357 e. The summed E-state index contributed by atoms with van der Waals surface area (Å²) >= 11 is 19.2. The van der Waals surface area contributed by atoms with Crippen molar-refractivity contribution in [1.82, 2.24) is 10.2 Å². The molecule has 2 amide bonds. The molecule has 0 aliphatic carbocycles. The molecule has 0 aliphatic rings. The van der Waals surface area contributed by atoms with E-state index in [0.717, 1.165) is 9.87 Å². The molecule has 1 unspecified atom stereocenters. The first-order chi connectivity index (χ1) is 20.1. The highest BCUT2D eigenvalue weighted by Gasteiger charge is 2.35. The summed E-state index contributed by atoms with van der Waals surface area (Å²) in [7, 11) is -2.75. The van der Waals surface area contributed by atoms with Crippen LogP contribution in [0.15, 0.2) is 108 Å². The van der Waals surface area contributed by atoms with Gasteiger partial charge >= 0.3 is 0 Å². The Bertz CT molecular complexity index is 1630. The van der Waals surface area contributed by atoms with Gasteiger partial charge in [-0.15, -0.1) is 0 Å². The van der Waals surface area contributed by atoms with Crippen LogP contribution in [-0.2, 0) is 32.6 Å². The molecule has 4 rings (SSSR count). The summed E-state index contributed by atoms with van der Waals surface area (Å²) in [5.41, 5.74) is 1.42. The predicted molar refractivity (Wildman–Crippen MR) is 167 cm³/mol. The molecule has 0 bridgehead atoms. The molecule has 1 N–H and O–H groups in total. The molecule has 0 radical (unpaired) electrons. The van der Waals surface area contributed by atoms with E-state index in [1.165, 1.54) is 30.1 Å². The minimum atomic E-state index is -4.22. The van der Waals surface area contributed by atoms with Crippen molar-refractivity contribution in [2.45, 2.75) is 23.9 Å². The van der Waals surface area contributed by atoms with Gasteiger partial charge in [-0.2, -0.15) is 0 Å². The lowest BCUT2D eigenvalue weighted by atomic mass is 10.0. The van der Waals surface area contributed by atoms with Gasteiger partial charge in [0.15, 0.2) is 0 Å². The summed E-state index contributed by atoms with van der Waals surface area (Å²) in [6, 6.07) is 27.1. The molecule has 0 saturated heterocycles. The number of sulfonamides is 1. The first-order valence-electron chi connectivity index (χ1n) is 12.9. The van der Waals surface area contributed by atoms with Crippen molar-refractivity contribution in [2.24, 2.45) is 0 Å². The van der Waals surface area contributed by atoms with E-state index in [-0.39, 0.29) is 23.5 Å². The summed E-state index contributed by atoms with van der Waals surface area (Å²) < 4.78 is 28.8. The standard InChI is InChI=1S/C31H28Cl3N3O4S/c1-35-31(39)29(18-22-10-4-2-5-11-22)36(20-26-27(33)16-9-17-28(26)34)30(38)21-37(24-13-8-12-23(32)19-24)42(40,41)25-14-6-3-7-15-25/h2-17,19,29H,18,20-21H2,1H3,(H,35,39). The third-order valence-electron chi connectivity index (χ3n) is 6.61. The molecule has 0 fully saturated rings. The molecule has 7 nitrogen and oxygen atoms in total. The first kappa shape index (κ1) is 31.4. The van der Waals surface area contributed by atoms with Gasteiger partial charge in [0.1, 0.15) is 12.6 Å². The third-order valence-corrected chi connectivity index (χ3v) is 9.35. The van der Waals surface area contributed by atoms with E-state index in [2.05, 4.69) is 5.32 Å². The zero-order valence-electron chi connectivity index (χ0n) is 22.6. The van der Waals surface area contributed by atoms with Crippen LogP contribution in [0.2, 0.25) is 15.1 Å². The topological polar surface area (TPSA) is 86.8 Å². The molecule has 11 heteroatoms. The average Bonchev–Trinajstić information content (AvgIpc) is 2.99. The van der Waals surface area contributed by atoms with Crippen LogP contribution in [-0.4, -0.2) is 44.8 Å². The molecular formula is C31H28Cl3N3O4S. The average molecular weight is 645 g/mol. The SMILES string of the molecule is CNC(=O)C(Cc1ccccc1)N(Cc1c(Cl)cccc1Cl)C(=O)CN(c1cccc(Cl)c1)S(=O)(=O)c1ccccc1. The quantitative estimate of drug-likeness (QED) is 0.210. The second-order valence-electron chi connectivity index (χ2n) is 9.35. The van der Waals surface area contributed by atoms with Gasteiger partial charge in [0.25, 0.3) is 10.0 Å². The third kappa shape index (κ3) is 7.44. The Labute approximate surface area is 260 Å². The van der Waals surface area contributed by atoms with Crippen LogP contribution in [0.5, 0.6) is 0 Å². The summed E-state index contributed by atoms with van der Waals surface area (Å²) in [6.07, 6.45) is 0.164. The number of hydrogen-bond acceptors (Lipinski definition) is 4. The van der Waals surface area contributed by atoms with E-state index in [1.807, 2.05) is 30.3 Å². The molecule has 4 aromatic carbocycles. The Morgan fingerprint density at radius 3 is 2.00 bits per heavy atom. The normalized spacial score (nSPS) is 11.9. The predicted octanol–water partition coefficient (Wildman–Crippen LogP) is 6.23. The van der Waals surface area contributed by atoms with Crippen molar-refractivity contribution < 1.29 is 18.0 Å². The van der Waals surface area contributed by atoms with Crippen LogP contribution in [0.4, 0.5) is 5.69 Å². The summed E-state index contributed by atoms with van der Waals surface area (Å²) in [5, 5.41) is 3.54. The Hall–Kier alpha value is -3.56. The number of rotatable bonds is 11. The number of carbonyl (C=O) groups is 2. The van der Waals surface area contributed by atoms with Crippen molar-refractivity contribution in [2.75, 3.05) is 17.9 Å². The number of likely N-dealkylation sites (N-methyl/N-ethyl adjacent to an activating group) is 1. The van der Waals surface area contributed by atoms with Crippen LogP contribution in [0, 0.1) is 0 Å². The number of benzene rings is 4. The number of carbonyl (C=O) groups excluding carboxylic acids is 2. The van der Waals surface area contributed by atoms with Crippen LogP contribution >= 0.6 is 34.8 Å². The molecule has 0 spiro atoms. The summed E-state index contributed by atoms with van der Waals surface area (Å²) in [5.74, 6) is -1.08. The van der Waals surface area contributed by atoms with E-state index in [0.29, 0.717) is 20.6 Å². The number of anilines is 1. The maximum Gasteiger partial charge on any atom is 0.264 e. The fraction of sp³-hybridized carbons (Fsp3) is 0.161. The Morgan fingerprint density at radius 2 is 1.40 bits per heavy atom. The van der Waals surface area contributed by atoms with Gasteiger partial charge in [-0.3, -0.25) is 13.9 Å². The lowest BCUT2D eigenvalue weighted by Gasteiger charge is -2.34. The number of hydrogen-bond donors (Lipinski definition) is 1. The number of nitrogens with zero attached hydrogens (tertiary/aromatic N) is 2. The zero-order chi connectivity index (χ0) is 30.3. The van der Waals surface area contributed by atoms with Crippen molar-refractivity contribution >= 4 is 62.3 Å². The maximum absolute atomic E-state index is 14.3. The van der Waals surface area contributed by atoms with E-state index in [1.54, 1.807) is 54.6 Å². The molecule has 0 aromatic heterocycles. The first-order valence-corrected chi connectivity index (χ1v) is 15.5. The van der Waals surface area contributed by atoms with Crippen LogP contribution < -0.4 is 9.62 Å². The number of amides is 2. The smallest absolute Gasteiger partial charge is 0.264 e. The number of nitrogens with one attached hydrogen (secondary N) is 1. The van der Waals surface area contributed by atoms with Crippen molar-refractivity contribution in [3.8, 4) is 0 Å². The van der Waals surface area contributed by atoms with Crippen molar-refractivity contribution in [3.63, 3.8) is 0 Å². The van der Waals surface area contributed by atoms with Gasteiger partial charge in [0.05, 0.1) is 10.6 Å². The van der Waals surface area contributed by atoms with Crippen LogP contribution in [0.1, 0.15) is 11.1 Å². The van der Waals surface area contributed by atoms with Crippen LogP contribution in [0.3, 0.4) is 0 Å². The Morgan fingerprint density at radius 1 is 0.810 bits per heavy atom. The van der Waals surface area contributed by atoms with E-state index >= 15 is 0 Å². The van der Waals surface area contributed by atoms with Gasteiger partial charge in [-0.25, -0.2) is 8.42 Å². The Kier molecular flexibility index (Phi) is 10.5. The van der Waals surface area contributed by atoms with E-state index < -0.39 is 34.4 Å². The van der Waals surface area contributed by atoms with Gasteiger partial charge in [-0.1, -0.05) is 95.5 Å². The molecule has 0 heterocycles. The van der Waals surface area contributed by atoms with E-state index in [4.69, 9.17) is 34.8 Å². The van der Waals surface area contributed by atoms with E-state index in [9.17, 15) is 18.0 Å².